The molecule has 2 N–H and O–H groups in total. The first-order valence-corrected chi connectivity index (χ1v) is 7.08. The zero-order valence-corrected chi connectivity index (χ0v) is 12.6. The minimum Gasteiger partial charge on any atom is -0.362 e. The summed E-state index contributed by atoms with van der Waals surface area (Å²) in [5.41, 5.74) is 4.39. The van der Waals surface area contributed by atoms with Gasteiger partial charge in [0, 0.05) is 23.0 Å². The Morgan fingerprint density at radius 1 is 1.25 bits per heavy atom. The number of aromatic nitrogens is 1. The van der Waals surface area contributed by atoms with Crippen LogP contribution in [-0.2, 0) is 17.6 Å². The summed E-state index contributed by atoms with van der Waals surface area (Å²) < 4.78 is 0. The predicted molar refractivity (Wildman–Crippen MR) is 82.1 cm³/mol. The van der Waals surface area contributed by atoms with E-state index in [2.05, 4.69) is 10.3 Å². The lowest BCUT2D eigenvalue weighted by Gasteiger charge is -2.05. The van der Waals surface area contributed by atoms with Crippen molar-refractivity contribution in [2.45, 2.75) is 26.7 Å². The third kappa shape index (κ3) is 4.14. The maximum atomic E-state index is 11.9. The van der Waals surface area contributed by atoms with Crippen LogP contribution in [0.15, 0.2) is 30.3 Å². The summed E-state index contributed by atoms with van der Waals surface area (Å²) in [6, 6.07) is 9.71. The standard InChI is InChI=1S/C16H19ClN2O/c1-11-9-14(12(2)19-11)10-16(20)18-8-7-13-3-5-15(17)6-4-13/h3-6,9,19H,7-8,10H2,1-2H3,(H,18,20). The normalized spacial score (nSPS) is 10.6. The Kier molecular flexibility index (Phi) is 4.85. The highest BCUT2D eigenvalue weighted by Gasteiger charge is 2.07. The third-order valence-corrected chi connectivity index (χ3v) is 3.51. The monoisotopic (exact) mass is 290 g/mol. The van der Waals surface area contributed by atoms with E-state index in [9.17, 15) is 4.79 Å². The molecule has 1 amide bonds. The van der Waals surface area contributed by atoms with Gasteiger partial charge in [0.2, 0.25) is 5.91 Å². The molecule has 1 heterocycles. The number of aromatic amines is 1. The molecule has 0 spiro atoms. The van der Waals surface area contributed by atoms with Crippen molar-refractivity contribution in [3.05, 3.63) is 57.9 Å². The van der Waals surface area contributed by atoms with Gasteiger partial charge in [-0.2, -0.15) is 0 Å². The van der Waals surface area contributed by atoms with Crippen molar-refractivity contribution in [1.82, 2.24) is 10.3 Å². The Morgan fingerprint density at radius 2 is 1.95 bits per heavy atom. The van der Waals surface area contributed by atoms with Gasteiger partial charge in [0.1, 0.15) is 0 Å². The van der Waals surface area contributed by atoms with Crippen LogP contribution in [0.1, 0.15) is 22.5 Å². The lowest BCUT2D eigenvalue weighted by molar-refractivity contribution is -0.120. The number of benzene rings is 1. The molecule has 3 nitrogen and oxygen atoms in total. The summed E-state index contributed by atoms with van der Waals surface area (Å²) in [4.78, 5) is 15.1. The summed E-state index contributed by atoms with van der Waals surface area (Å²) in [5.74, 6) is 0.0565. The van der Waals surface area contributed by atoms with Crippen molar-refractivity contribution in [2.24, 2.45) is 0 Å². The first kappa shape index (κ1) is 14.7. The van der Waals surface area contributed by atoms with Gasteiger partial charge in [-0.3, -0.25) is 4.79 Å². The molecule has 2 aromatic rings. The quantitative estimate of drug-likeness (QED) is 0.873. The summed E-state index contributed by atoms with van der Waals surface area (Å²) >= 11 is 5.83. The van der Waals surface area contributed by atoms with Gasteiger partial charge in [0.25, 0.3) is 0 Å². The number of amides is 1. The fraction of sp³-hybridized carbons (Fsp3) is 0.312. The maximum absolute atomic E-state index is 11.9. The molecule has 0 aliphatic carbocycles. The second-order valence-electron chi connectivity index (χ2n) is 5.01. The average Bonchev–Trinajstić information content (AvgIpc) is 2.70. The van der Waals surface area contributed by atoms with Gasteiger partial charge in [-0.1, -0.05) is 23.7 Å². The number of carbonyl (C=O) groups is 1. The summed E-state index contributed by atoms with van der Waals surface area (Å²) in [6.07, 6.45) is 1.24. The Balaban J connectivity index is 1.78. The number of nitrogens with one attached hydrogen (secondary N) is 2. The predicted octanol–water partition coefficient (Wildman–Crippen LogP) is 3.19. The van der Waals surface area contributed by atoms with Gasteiger partial charge in [0.05, 0.1) is 6.42 Å². The van der Waals surface area contributed by atoms with E-state index in [-0.39, 0.29) is 5.91 Å². The molecule has 1 aromatic carbocycles. The van der Waals surface area contributed by atoms with Crippen molar-refractivity contribution < 1.29 is 4.79 Å². The summed E-state index contributed by atoms with van der Waals surface area (Å²) in [7, 11) is 0. The molecule has 0 bridgehead atoms. The number of carbonyl (C=O) groups excluding carboxylic acids is 1. The van der Waals surface area contributed by atoms with E-state index in [4.69, 9.17) is 11.6 Å². The fourth-order valence-corrected chi connectivity index (χ4v) is 2.32. The molecule has 0 fully saturated rings. The Hall–Kier alpha value is -1.74. The molecule has 0 aliphatic heterocycles. The number of rotatable bonds is 5. The van der Waals surface area contributed by atoms with Crippen LogP contribution in [-0.4, -0.2) is 17.4 Å². The number of halogens is 1. The SMILES string of the molecule is Cc1cc(CC(=O)NCCc2ccc(Cl)cc2)c(C)[nH]1. The van der Waals surface area contributed by atoms with Gasteiger partial charge >= 0.3 is 0 Å². The van der Waals surface area contributed by atoms with Crippen LogP contribution >= 0.6 is 11.6 Å². The molecular formula is C16H19ClN2O. The molecule has 0 unspecified atom stereocenters. The number of hydrogen-bond acceptors (Lipinski definition) is 1. The van der Waals surface area contributed by atoms with Crippen LogP contribution in [0.3, 0.4) is 0 Å². The van der Waals surface area contributed by atoms with Crippen LogP contribution in [0.25, 0.3) is 0 Å². The van der Waals surface area contributed by atoms with Crippen molar-refractivity contribution in [3.63, 3.8) is 0 Å². The second-order valence-corrected chi connectivity index (χ2v) is 5.44. The Bertz CT molecular complexity index is 587. The van der Waals surface area contributed by atoms with E-state index < -0.39 is 0 Å². The van der Waals surface area contributed by atoms with E-state index in [1.165, 1.54) is 5.56 Å². The average molecular weight is 291 g/mol. The van der Waals surface area contributed by atoms with Gasteiger partial charge in [-0.25, -0.2) is 0 Å². The summed E-state index contributed by atoms with van der Waals surface area (Å²) in [5, 5.41) is 3.68. The zero-order valence-electron chi connectivity index (χ0n) is 11.8. The minimum absolute atomic E-state index is 0.0565. The van der Waals surface area contributed by atoms with Crippen LogP contribution in [0.2, 0.25) is 5.02 Å². The molecule has 0 saturated carbocycles. The van der Waals surface area contributed by atoms with Crippen LogP contribution in [0.4, 0.5) is 0 Å². The fourth-order valence-electron chi connectivity index (χ4n) is 2.20. The van der Waals surface area contributed by atoms with Crippen molar-refractivity contribution in [3.8, 4) is 0 Å². The first-order valence-electron chi connectivity index (χ1n) is 6.71. The van der Waals surface area contributed by atoms with E-state index in [1.807, 2.05) is 44.2 Å². The first-order chi connectivity index (χ1) is 9.54. The van der Waals surface area contributed by atoms with E-state index in [1.54, 1.807) is 0 Å². The Labute approximate surface area is 124 Å². The molecule has 1 aromatic heterocycles. The molecular weight excluding hydrogens is 272 g/mol. The topological polar surface area (TPSA) is 44.9 Å². The zero-order chi connectivity index (χ0) is 14.5. The van der Waals surface area contributed by atoms with Crippen LogP contribution in [0.5, 0.6) is 0 Å². The van der Waals surface area contributed by atoms with E-state index >= 15 is 0 Å². The van der Waals surface area contributed by atoms with Crippen molar-refractivity contribution in [1.29, 1.82) is 0 Å². The van der Waals surface area contributed by atoms with Gasteiger partial charge in [-0.15, -0.1) is 0 Å². The third-order valence-electron chi connectivity index (χ3n) is 3.26. The molecule has 0 radical (unpaired) electrons. The van der Waals surface area contributed by atoms with Crippen LogP contribution < -0.4 is 5.32 Å². The highest BCUT2D eigenvalue weighted by molar-refractivity contribution is 6.30. The second kappa shape index (κ2) is 6.62. The number of aryl methyl sites for hydroxylation is 2. The number of hydrogen-bond donors (Lipinski definition) is 2. The molecule has 106 valence electrons. The highest BCUT2D eigenvalue weighted by atomic mass is 35.5. The number of H-pyrrole nitrogens is 1. The minimum atomic E-state index is 0.0565. The lowest BCUT2D eigenvalue weighted by Crippen LogP contribution is -2.27. The molecule has 2 rings (SSSR count). The molecule has 4 heteroatoms. The highest BCUT2D eigenvalue weighted by Crippen LogP contribution is 2.11. The molecule has 20 heavy (non-hydrogen) atoms. The maximum Gasteiger partial charge on any atom is 0.224 e. The van der Waals surface area contributed by atoms with E-state index in [0.29, 0.717) is 13.0 Å². The molecule has 0 saturated heterocycles. The van der Waals surface area contributed by atoms with Gasteiger partial charge in [-0.05, 0) is 49.6 Å². The van der Waals surface area contributed by atoms with Crippen molar-refractivity contribution >= 4 is 17.5 Å². The van der Waals surface area contributed by atoms with Crippen molar-refractivity contribution in [2.75, 3.05) is 6.54 Å². The summed E-state index contributed by atoms with van der Waals surface area (Å²) in [6.45, 7) is 4.63. The molecule has 0 atom stereocenters. The van der Waals surface area contributed by atoms with Gasteiger partial charge < -0.3 is 10.3 Å². The largest absolute Gasteiger partial charge is 0.362 e. The Morgan fingerprint density at radius 3 is 2.55 bits per heavy atom. The van der Waals surface area contributed by atoms with E-state index in [0.717, 1.165) is 28.4 Å². The van der Waals surface area contributed by atoms with Gasteiger partial charge in [0.15, 0.2) is 0 Å². The van der Waals surface area contributed by atoms with Crippen LogP contribution in [0, 0.1) is 13.8 Å². The lowest BCUT2D eigenvalue weighted by atomic mass is 10.1. The smallest absolute Gasteiger partial charge is 0.224 e. The molecule has 0 aliphatic rings.